The van der Waals surface area contributed by atoms with Gasteiger partial charge in [-0.1, -0.05) is 41.9 Å². The summed E-state index contributed by atoms with van der Waals surface area (Å²) in [5.74, 6) is -0.499. The fourth-order valence-electron chi connectivity index (χ4n) is 1.78. The van der Waals surface area contributed by atoms with Crippen molar-refractivity contribution in [3.05, 3.63) is 70.8 Å². The molecule has 4 nitrogen and oxygen atoms in total. The Morgan fingerprint density at radius 2 is 1.77 bits per heavy atom. The maximum Gasteiger partial charge on any atom is 0.255 e. The van der Waals surface area contributed by atoms with Gasteiger partial charge in [0.25, 0.3) is 5.91 Å². The Balaban J connectivity index is 2.15. The zero-order valence-corrected chi connectivity index (χ0v) is 12.4. The molecule has 0 unspecified atom stereocenters. The molecule has 1 amide bonds. The van der Waals surface area contributed by atoms with Crippen molar-refractivity contribution in [3.8, 4) is 5.75 Å². The number of carbonyl (C=O) groups excluding carboxylic acids is 2. The van der Waals surface area contributed by atoms with Crippen LogP contribution in [0.15, 0.2) is 54.6 Å². The maximum atomic E-state index is 12.2. The lowest BCUT2D eigenvalue weighted by atomic mass is 10.1. The number of nitrogens with two attached hydrogens (primary N) is 1. The van der Waals surface area contributed by atoms with E-state index in [1.807, 2.05) is 12.1 Å². The van der Waals surface area contributed by atoms with E-state index < -0.39 is 5.91 Å². The van der Waals surface area contributed by atoms with Crippen LogP contribution in [0.25, 0.3) is 6.08 Å². The summed E-state index contributed by atoms with van der Waals surface area (Å²) in [6.07, 6.45) is 3.12. The minimum absolute atomic E-state index is 0.227. The number of halogens is 1. The van der Waals surface area contributed by atoms with Gasteiger partial charge in [0.2, 0.25) is 0 Å². The molecule has 2 N–H and O–H groups in total. The van der Waals surface area contributed by atoms with E-state index in [4.69, 9.17) is 22.1 Å². The minimum atomic E-state index is -0.598. The van der Waals surface area contributed by atoms with Gasteiger partial charge >= 0.3 is 0 Å². The lowest BCUT2D eigenvalue weighted by Gasteiger charge is -2.07. The third-order valence-corrected chi connectivity index (χ3v) is 3.07. The number of allylic oxidation sites excluding steroid dienone is 1. The van der Waals surface area contributed by atoms with E-state index in [2.05, 4.69) is 0 Å². The van der Waals surface area contributed by atoms with Crippen LogP contribution in [0.3, 0.4) is 0 Å². The van der Waals surface area contributed by atoms with Crippen molar-refractivity contribution in [3.63, 3.8) is 0 Å². The molecule has 5 heteroatoms. The van der Waals surface area contributed by atoms with E-state index in [1.54, 1.807) is 42.5 Å². The SMILES string of the molecule is NC(=O)COc1ccccc1C(=O)/C=C/c1ccc(Cl)cc1. The lowest BCUT2D eigenvalue weighted by Crippen LogP contribution is -2.20. The second-order valence-corrected chi connectivity index (χ2v) is 4.94. The first-order valence-corrected chi connectivity index (χ1v) is 6.92. The van der Waals surface area contributed by atoms with Gasteiger partial charge in [0.05, 0.1) is 5.56 Å². The Morgan fingerprint density at radius 3 is 2.45 bits per heavy atom. The van der Waals surface area contributed by atoms with Crippen LogP contribution >= 0.6 is 11.6 Å². The number of ether oxygens (including phenoxy) is 1. The van der Waals surface area contributed by atoms with E-state index in [-0.39, 0.29) is 12.4 Å². The smallest absolute Gasteiger partial charge is 0.255 e. The highest BCUT2D eigenvalue weighted by atomic mass is 35.5. The minimum Gasteiger partial charge on any atom is -0.483 e. The zero-order chi connectivity index (χ0) is 15.9. The van der Waals surface area contributed by atoms with Gasteiger partial charge in [-0.2, -0.15) is 0 Å². The molecule has 0 saturated heterocycles. The molecular weight excluding hydrogens is 302 g/mol. The number of amides is 1. The van der Waals surface area contributed by atoms with Gasteiger partial charge < -0.3 is 10.5 Å². The molecule has 0 spiro atoms. The van der Waals surface area contributed by atoms with Crippen molar-refractivity contribution in [2.45, 2.75) is 0 Å². The Bertz CT molecular complexity index is 708. The Morgan fingerprint density at radius 1 is 1.09 bits per heavy atom. The predicted octanol–water partition coefficient (Wildman–Crippen LogP) is 3.10. The van der Waals surface area contributed by atoms with Crippen molar-refractivity contribution in [2.75, 3.05) is 6.61 Å². The van der Waals surface area contributed by atoms with E-state index in [1.165, 1.54) is 6.08 Å². The number of hydrogen-bond acceptors (Lipinski definition) is 3. The van der Waals surface area contributed by atoms with Gasteiger partial charge in [0.15, 0.2) is 12.4 Å². The molecule has 0 aliphatic heterocycles. The average Bonchev–Trinajstić information content (AvgIpc) is 2.52. The molecule has 0 saturated carbocycles. The van der Waals surface area contributed by atoms with Gasteiger partial charge in [-0.3, -0.25) is 9.59 Å². The van der Waals surface area contributed by atoms with Crippen LogP contribution in [0.5, 0.6) is 5.75 Å². The Hall–Kier alpha value is -2.59. The molecule has 0 aliphatic carbocycles. The van der Waals surface area contributed by atoms with Gasteiger partial charge in [-0.05, 0) is 35.9 Å². The van der Waals surface area contributed by atoms with Crippen molar-refractivity contribution >= 4 is 29.4 Å². The summed E-state index contributed by atoms with van der Waals surface area (Å²) in [5.41, 5.74) is 6.26. The lowest BCUT2D eigenvalue weighted by molar-refractivity contribution is -0.119. The van der Waals surface area contributed by atoms with E-state index in [9.17, 15) is 9.59 Å². The number of primary amides is 1. The summed E-state index contributed by atoms with van der Waals surface area (Å²) in [7, 11) is 0. The summed E-state index contributed by atoms with van der Waals surface area (Å²) in [5, 5.41) is 0.633. The van der Waals surface area contributed by atoms with E-state index in [0.717, 1.165) is 5.56 Å². The molecule has 112 valence electrons. The van der Waals surface area contributed by atoms with Gasteiger partial charge in [0, 0.05) is 5.02 Å². The molecule has 2 aromatic carbocycles. The summed E-state index contributed by atoms with van der Waals surface area (Å²) in [4.78, 5) is 23.0. The summed E-state index contributed by atoms with van der Waals surface area (Å²) in [6, 6.07) is 13.8. The van der Waals surface area contributed by atoms with Crippen LogP contribution in [0.2, 0.25) is 5.02 Å². The molecule has 0 aromatic heterocycles. The topological polar surface area (TPSA) is 69.4 Å². The molecule has 0 aliphatic rings. The molecule has 0 atom stereocenters. The fourth-order valence-corrected chi connectivity index (χ4v) is 1.91. The normalized spacial score (nSPS) is 10.6. The first-order valence-electron chi connectivity index (χ1n) is 6.54. The van der Waals surface area contributed by atoms with Gasteiger partial charge in [-0.25, -0.2) is 0 Å². The number of benzene rings is 2. The molecule has 0 fully saturated rings. The van der Waals surface area contributed by atoms with Crippen LogP contribution in [-0.2, 0) is 4.79 Å². The third kappa shape index (κ3) is 4.46. The van der Waals surface area contributed by atoms with E-state index >= 15 is 0 Å². The molecule has 0 heterocycles. The summed E-state index contributed by atoms with van der Waals surface area (Å²) >= 11 is 5.81. The quantitative estimate of drug-likeness (QED) is 0.658. The van der Waals surface area contributed by atoms with E-state index in [0.29, 0.717) is 16.3 Å². The monoisotopic (exact) mass is 315 g/mol. The van der Waals surface area contributed by atoms with Crippen molar-refractivity contribution < 1.29 is 14.3 Å². The maximum absolute atomic E-state index is 12.2. The highest BCUT2D eigenvalue weighted by molar-refractivity contribution is 6.30. The number of hydrogen-bond donors (Lipinski definition) is 1. The molecule has 0 bridgehead atoms. The van der Waals surface area contributed by atoms with Gasteiger partial charge in [0.1, 0.15) is 5.75 Å². The standard InChI is InChI=1S/C17H14ClNO3/c18-13-8-5-12(6-9-13)7-10-15(20)14-3-1-2-4-16(14)22-11-17(19)21/h1-10H,11H2,(H2,19,21)/b10-7+. The molecule has 2 rings (SSSR count). The first-order chi connectivity index (χ1) is 10.6. The molecular formula is C17H14ClNO3. The van der Waals surface area contributed by atoms with Crippen molar-refractivity contribution in [2.24, 2.45) is 5.73 Å². The first kappa shape index (κ1) is 15.8. The van der Waals surface area contributed by atoms with Crippen LogP contribution in [0.1, 0.15) is 15.9 Å². The highest BCUT2D eigenvalue weighted by Gasteiger charge is 2.10. The van der Waals surface area contributed by atoms with Crippen molar-refractivity contribution in [1.29, 1.82) is 0 Å². The molecule has 0 radical (unpaired) electrons. The van der Waals surface area contributed by atoms with Crippen LogP contribution in [-0.4, -0.2) is 18.3 Å². The Labute approximate surface area is 133 Å². The predicted molar refractivity (Wildman–Crippen MR) is 85.9 cm³/mol. The summed E-state index contributed by atoms with van der Waals surface area (Å²) in [6.45, 7) is -0.273. The molecule has 2 aromatic rings. The fraction of sp³-hybridized carbons (Fsp3) is 0.0588. The van der Waals surface area contributed by atoms with Gasteiger partial charge in [-0.15, -0.1) is 0 Å². The zero-order valence-electron chi connectivity index (χ0n) is 11.7. The third-order valence-electron chi connectivity index (χ3n) is 2.82. The largest absolute Gasteiger partial charge is 0.483 e. The van der Waals surface area contributed by atoms with Crippen LogP contribution in [0, 0.1) is 0 Å². The number of rotatable bonds is 6. The summed E-state index contributed by atoms with van der Waals surface area (Å²) < 4.78 is 5.24. The number of ketones is 1. The highest BCUT2D eigenvalue weighted by Crippen LogP contribution is 2.19. The van der Waals surface area contributed by atoms with Crippen LogP contribution in [0.4, 0.5) is 0 Å². The second-order valence-electron chi connectivity index (χ2n) is 4.50. The number of para-hydroxylation sites is 1. The van der Waals surface area contributed by atoms with Crippen molar-refractivity contribution in [1.82, 2.24) is 0 Å². The van der Waals surface area contributed by atoms with Crippen LogP contribution < -0.4 is 10.5 Å². The second kappa shape index (κ2) is 7.43. The Kier molecular flexibility index (Phi) is 5.33. The number of carbonyl (C=O) groups is 2. The molecule has 22 heavy (non-hydrogen) atoms. The average molecular weight is 316 g/mol.